The average Bonchev–Trinajstić information content (AvgIpc) is 3.15. The molecule has 4 rings (SSSR count). The van der Waals surface area contributed by atoms with Crippen LogP contribution in [0.3, 0.4) is 0 Å². The number of aryl methyl sites for hydroxylation is 1. The molecule has 0 amide bonds. The largest absolute Gasteiger partial charge is 0.366 e. The van der Waals surface area contributed by atoms with Crippen molar-refractivity contribution in [3.8, 4) is 0 Å². The van der Waals surface area contributed by atoms with E-state index in [0.717, 1.165) is 43.6 Å². The zero-order valence-corrected chi connectivity index (χ0v) is 15.3. The predicted molar refractivity (Wildman–Crippen MR) is 103 cm³/mol. The van der Waals surface area contributed by atoms with Crippen LogP contribution in [0.4, 0.5) is 21.8 Å². The molecule has 1 saturated heterocycles. The fraction of sp³-hybridized carbons (Fsp3) is 0.500. The van der Waals surface area contributed by atoms with Crippen LogP contribution in [0.1, 0.15) is 31.4 Å². The molecule has 0 atom stereocenters. The van der Waals surface area contributed by atoms with E-state index >= 15 is 0 Å². The van der Waals surface area contributed by atoms with E-state index in [4.69, 9.17) is 4.98 Å². The molecule has 2 aliphatic rings. The maximum atomic E-state index is 14.0. The molecule has 0 spiro atoms. The summed E-state index contributed by atoms with van der Waals surface area (Å²) in [5, 5.41) is 3.49. The Labute approximate surface area is 154 Å². The zero-order valence-electron chi connectivity index (χ0n) is 15.3. The number of piperazine rings is 1. The summed E-state index contributed by atoms with van der Waals surface area (Å²) >= 11 is 0. The Morgan fingerprint density at radius 3 is 2.42 bits per heavy atom. The summed E-state index contributed by atoms with van der Waals surface area (Å²) in [5.74, 6) is 1.55. The summed E-state index contributed by atoms with van der Waals surface area (Å²) in [6.07, 6.45) is 4.98. The Morgan fingerprint density at radius 1 is 1.00 bits per heavy atom. The molecule has 1 saturated carbocycles. The van der Waals surface area contributed by atoms with Crippen LogP contribution in [0, 0.1) is 12.7 Å². The lowest BCUT2D eigenvalue weighted by Crippen LogP contribution is -2.47. The second-order valence-corrected chi connectivity index (χ2v) is 7.24. The van der Waals surface area contributed by atoms with Crippen molar-refractivity contribution in [3.05, 3.63) is 41.8 Å². The molecule has 1 aromatic heterocycles. The van der Waals surface area contributed by atoms with Gasteiger partial charge < -0.3 is 15.1 Å². The highest BCUT2D eigenvalue weighted by Crippen LogP contribution is 2.24. The van der Waals surface area contributed by atoms with E-state index in [-0.39, 0.29) is 5.82 Å². The third kappa shape index (κ3) is 3.74. The zero-order chi connectivity index (χ0) is 17.9. The number of rotatable bonds is 4. The quantitative estimate of drug-likeness (QED) is 0.908. The fourth-order valence-electron chi connectivity index (χ4n) is 3.92. The van der Waals surface area contributed by atoms with Crippen LogP contribution in [0.2, 0.25) is 0 Å². The first-order valence-electron chi connectivity index (χ1n) is 9.56. The number of halogens is 1. The third-order valence-electron chi connectivity index (χ3n) is 5.33. The van der Waals surface area contributed by atoms with Crippen molar-refractivity contribution in [1.29, 1.82) is 0 Å². The number of benzene rings is 1. The molecule has 2 heterocycles. The van der Waals surface area contributed by atoms with Crippen LogP contribution >= 0.6 is 0 Å². The standard InChI is InChI=1S/C20H26FN5/c1-15-14-19(24-20(22-15)23-16-6-2-3-7-16)26-12-10-25(11-13-26)18-9-5-4-8-17(18)21/h4-5,8-9,14,16H,2-3,6-7,10-13H2,1H3,(H,22,23,24). The second kappa shape index (κ2) is 7.48. The minimum absolute atomic E-state index is 0.151. The van der Waals surface area contributed by atoms with Gasteiger partial charge in [0.2, 0.25) is 5.95 Å². The Bertz CT molecular complexity index is 752. The molecular weight excluding hydrogens is 329 g/mol. The predicted octanol–water partition coefficient (Wildman–Crippen LogP) is 3.61. The number of anilines is 3. The summed E-state index contributed by atoms with van der Waals surface area (Å²) in [6, 6.07) is 9.54. The monoisotopic (exact) mass is 355 g/mol. The van der Waals surface area contributed by atoms with Crippen molar-refractivity contribution in [1.82, 2.24) is 9.97 Å². The van der Waals surface area contributed by atoms with Crippen LogP contribution in [-0.2, 0) is 0 Å². The third-order valence-corrected chi connectivity index (χ3v) is 5.33. The molecule has 1 aliphatic heterocycles. The van der Waals surface area contributed by atoms with E-state index in [0.29, 0.717) is 11.7 Å². The van der Waals surface area contributed by atoms with Gasteiger partial charge in [-0.1, -0.05) is 25.0 Å². The van der Waals surface area contributed by atoms with Crippen LogP contribution in [0.25, 0.3) is 0 Å². The van der Waals surface area contributed by atoms with Crippen molar-refractivity contribution < 1.29 is 4.39 Å². The summed E-state index contributed by atoms with van der Waals surface area (Å²) < 4.78 is 14.0. The molecule has 0 radical (unpaired) electrons. The van der Waals surface area contributed by atoms with Gasteiger partial charge in [0.05, 0.1) is 5.69 Å². The highest BCUT2D eigenvalue weighted by atomic mass is 19.1. The van der Waals surface area contributed by atoms with Gasteiger partial charge in [-0.2, -0.15) is 4.98 Å². The van der Waals surface area contributed by atoms with Gasteiger partial charge in [0.15, 0.2) is 0 Å². The topological polar surface area (TPSA) is 44.3 Å². The lowest BCUT2D eigenvalue weighted by Gasteiger charge is -2.37. The fourth-order valence-corrected chi connectivity index (χ4v) is 3.92. The van der Waals surface area contributed by atoms with Gasteiger partial charge in [0.1, 0.15) is 11.6 Å². The molecule has 2 aromatic rings. The van der Waals surface area contributed by atoms with Gasteiger partial charge in [-0.25, -0.2) is 9.37 Å². The van der Waals surface area contributed by atoms with Gasteiger partial charge >= 0.3 is 0 Å². The van der Waals surface area contributed by atoms with Gasteiger partial charge in [-0.05, 0) is 31.9 Å². The van der Waals surface area contributed by atoms with E-state index < -0.39 is 0 Å². The maximum Gasteiger partial charge on any atom is 0.225 e. The summed E-state index contributed by atoms with van der Waals surface area (Å²) in [6.45, 7) is 5.24. The summed E-state index contributed by atoms with van der Waals surface area (Å²) in [7, 11) is 0. The Hall–Kier alpha value is -2.37. The minimum Gasteiger partial charge on any atom is -0.366 e. The SMILES string of the molecule is Cc1cc(N2CCN(c3ccccc3F)CC2)nc(NC2CCCC2)n1. The average molecular weight is 355 g/mol. The molecule has 2 fully saturated rings. The molecule has 1 N–H and O–H groups in total. The highest BCUT2D eigenvalue weighted by Gasteiger charge is 2.22. The van der Waals surface area contributed by atoms with Gasteiger partial charge in [-0.15, -0.1) is 0 Å². The Morgan fingerprint density at radius 2 is 1.69 bits per heavy atom. The number of hydrogen-bond donors (Lipinski definition) is 1. The van der Waals surface area contributed by atoms with Crippen molar-refractivity contribution in [2.45, 2.75) is 38.6 Å². The summed E-state index contributed by atoms with van der Waals surface area (Å²) in [5.41, 5.74) is 1.67. The van der Waals surface area contributed by atoms with E-state index in [1.807, 2.05) is 25.1 Å². The first-order chi connectivity index (χ1) is 12.7. The molecule has 0 bridgehead atoms. The van der Waals surface area contributed by atoms with Crippen molar-refractivity contribution in [2.75, 3.05) is 41.3 Å². The number of aromatic nitrogens is 2. The number of nitrogens with zero attached hydrogens (tertiary/aromatic N) is 4. The van der Waals surface area contributed by atoms with E-state index in [1.54, 1.807) is 6.07 Å². The maximum absolute atomic E-state index is 14.0. The van der Waals surface area contributed by atoms with E-state index in [1.165, 1.54) is 31.7 Å². The van der Waals surface area contributed by atoms with Crippen LogP contribution in [0.15, 0.2) is 30.3 Å². The molecule has 0 unspecified atom stereocenters. The number of hydrogen-bond acceptors (Lipinski definition) is 5. The van der Waals surface area contributed by atoms with E-state index in [2.05, 4.69) is 20.1 Å². The molecule has 138 valence electrons. The van der Waals surface area contributed by atoms with Gasteiger partial charge in [0, 0.05) is 44.0 Å². The van der Waals surface area contributed by atoms with Crippen LogP contribution in [0.5, 0.6) is 0 Å². The first kappa shape index (κ1) is 17.1. The summed E-state index contributed by atoms with van der Waals surface area (Å²) in [4.78, 5) is 13.7. The first-order valence-corrected chi connectivity index (χ1v) is 9.56. The van der Waals surface area contributed by atoms with Crippen molar-refractivity contribution in [2.24, 2.45) is 0 Å². The van der Waals surface area contributed by atoms with E-state index in [9.17, 15) is 4.39 Å². The van der Waals surface area contributed by atoms with Crippen LogP contribution in [-0.4, -0.2) is 42.2 Å². The molecule has 1 aromatic carbocycles. The molecule has 26 heavy (non-hydrogen) atoms. The lowest BCUT2D eigenvalue weighted by atomic mass is 10.2. The molecule has 6 heteroatoms. The molecule has 5 nitrogen and oxygen atoms in total. The minimum atomic E-state index is -0.151. The van der Waals surface area contributed by atoms with Crippen molar-refractivity contribution in [3.63, 3.8) is 0 Å². The van der Waals surface area contributed by atoms with Gasteiger partial charge in [0.25, 0.3) is 0 Å². The second-order valence-electron chi connectivity index (χ2n) is 7.24. The molecular formula is C20H26FN5. The van der Waals surface area contributed by atoms with Crippen LogP contribution < -0.4 is 15.1 Å². The number of para-hydroxylation sites is 1. The van der Waals surface area contributed by atoms with Gasteiger partial charge in [-0.3, -0.25) is 0 Å². The normalized spacial score (nSPS) is 18.4. The lowest BCUT2D eigenvalue weighted by molar-refractivity contribution is 0.596. The Kier molecular flexibility index (Phi) is 4.91. The Balaban J connectivity index is 1.44. The highest BCUT2D eigenvalue weighted by molar-refractivity contribution is 5.51. The smallest absolute Gasteiger partial charge is 0.225 e. The van der Waals surface area contributed by atoms with Crippen molar-refractivity contribution >= 4 is 17.5 Å². The number of nitrogens with one attached hydrogen (secondary N) is 1. The molecule has 1 aliphatic carbocycles.